The molecule has 0 aliphatic carbocycles. The zero-order valence-corrected chi connectivity index (χ0v) is 5.34. The van der Waals surface area contributed by atoms with E-state index in [1.54, 1.807) is 6.07 Å². The van der Waals surface area contributed by atoms with Gasteiger partial charge in [0, 0.05) is 0 Å². The highest BCUT2D eigenvalue weighted by Gasteiger charge is 1.95. The van der Waals surface area contributed by atoms with E-state index in [0.29, 0.717) is 4.67 Å². The average Bonchev–Trinajstić information content (AvgIpc) is 2.14. The summed E-state index contributed by atoms with van der Waals surface area (Å²) in [7, 11) is 0. The number of hydrogen-bond acceptors (Lipinski definition) is 3. The molecular formula is C4HBrN2O. The zero-order valence-electron chi connectivity index (χ0n) is 3.76. The van der Waals surface area contributed by atoms with E-state index < -0.39 is 0 Å². The second kappa shape index (κ2) is 1.97. The fraction of sp³-hybridized carbons (Fsp3) is 0. The standard InChI is InChI=1S/C4HBrN2O/c5-3-2-7-4(1-6)8-3/h2H. The van der Waals surface area contributed by atoms with Gasteiger partial charge in [0.15, 0.2) is 10.7 Å². The van der Waals surface area contributed by atoms with Gasteiger partial charge < -0.3 is 4.42 Å². The van der Waals surface area contributed by atoms with Crippen LogP contribution in [-0.4, -0.2) is 4.98 Å². The quantitative estimate of drug-likeness (QED) is 0.594. The summed E-state index contributed by atoms with van der Waals surface area (Å²) in [5.74, 6) is 0.0804. The monoisotopic (exact) mass is 172 g/mol. The van der Waals surface area contributed by atoms with Crippen LogP contribution in [0.25, 0.3) is 0 Å². The van der Waals surface area contributed by atoms with Crippen molar-refractivity contribution in [2.24, 2.45) is 0 Å². The van der Waals surface area contributed by atoms with Crippen molar-refractivity contribution in [2.45, 2.75) is 0 Å². The molecule has 1 aromatic heterocycles. The van der Waals surface area contributed by atoms with Gasteiger partial charge in [0.05, 0.1) is 6.20 Å². The molecule has 0 saturated heterocycles. The molecule has 0 aliphatic rings. The van der Waals surface area contributed by atoms with Crippen molar-refractivity contribution in [1.82, 2.24) is 4.98 Å². The molecule has 3 nitrogen and oxygen atoms in total. The van der Waals surface area contributed by atoms with Gasteiger partial charge in [-0.3, -0.25) is 0 Å². The maximum absolute atomic E-state index is 8.12. The molecular weight excluding hydrogens is 172 g/mol. The lowest BCUT2D eigenvalue weighted by Crippen LogP contribution is -1.64. The van der Waals surface area contributed by atoms with E-state index in [1.807, 2.05) is 0 Å². The third-order valence-electron chi connectivity index (χ3n) is 0.573. The lowest BCUT2D eigenvalue weighted by atomic mass is 10.8. The predicted molar refractivity (Wildman–Crippen MR) is 28.9 cm³/mol. The van der Waals surface area contributed by atoms with Gasteiger partial charge in [-0.25, -0.2) is 4.98 Å². The van der Waals surface area contributed by atoms with E-state index in [1.165, 1.54) is 6.20 Å². The molecule has 0 aliphatic heterocycles. The first-order valence-corrected chi connectivity index (χ1v) is 2.63. The van der Waals surface area contributed by atoms with Gasteiger partial charge in [-0.2, -0.15) is 5.26 Å². The number of halogens is 1. The maximum atomic E-state index is 8.12. The number of nitriles is 1. The smallest absolute Gasteiger partial charge is 0.301 e. The van der Waals surface area contributed by atoms with Crippen LogP contribution in [0.2, 0.25) is 0 Å². The predicted octanol–water partition coefficient (Wildman–Crippen LogP) is 1.31. The molecule has 1 heterocycles. The summed E-state index contributed by atoms with van der Waals surface area (Å²) in [6.07, 6.45) is 1.43. The lowest BCUT2D eigenvalue weighted by Gasteiger charge is -1.69. The summed E-state index contributed by atoms with van der Waals surface area (Å²) < 4.78 is 5.16. The Morgan fingerprint density at radius 2 is 2.62 bits per heavy atom. The Hall–Kier alpha value is -0.820. The van der Waals surface area contributed by atoms with E-state index in [0.717, 1.165) is 0 Å². The Kier molecular flexibility index (Phi) is 1.31. The first-order valence-electron chi connectivity index (χ1n) is 1.84. The van der Waals surface area contributed by atoms with Crippen molar-refractivity contribution in [2.75, 3.05) is 0 Å². The van der Waals surface area contributed by atoms with E-state index >= 15 is 0 Å². The highest BCUT2D eigenvalue weighted by Crippen LogP contribution is 2.08. The molecule has 40 valence electrons. The first-order chi connectivity index (χ1) is 3.83. The summed E-state index contributed by atoms with van der Waals surface area (Å²) >= 11 is 2.99. The van der Waals surface area contributed by atoms with Crippen molar-refractivity contribution >= 4 is 15.9 Å². The molecule has 0 fully saturated rings. The van der Waals surface area contributed by atoms with Gasteiger partial charge in [-0.1, -0.05) is 0 Å². The summed E-state index contributed by atoms with van der Waals surface area (Å²) in [6, 6.07) is 1.74. The molecule has 0 N–H and O–H groups in total. The minimum atomic E-state index is 0.0804. The molecule has 0 atom stereocenters. The summed E-state index contributed by atoms with van der Waals surface area (Å²) in [5, 5.41) is 8.12. The molecule has 0 radical (unpaired) electrons. The number of rotatable bonds is 0. The summed E-state index contributed by atoms with van der Waals surface area (Å²) in [4.78, 5) is 3.56. The Bertz CT molecular complexity index is 224. The van der Waals surface area contributed by atoms with Gasteiger partial charge in [0.1, 0.15) is 0 Å². The molecule has 0 amide bonds. The topological polar surface area (TPSA) is 49.8 Å². The van der Waals surface area contributed by atoms with Crippen LogP contribution in [0.3, 0.4) is 0 Å². The molecule has 0 unspecified atom stereocenters. The van der Waals surface area contributed by atoms with Crippen LogP contribution in [0.5, 0.6) is 0 Å². The van der Waals surface area contributed by atoms with Crippen molar-refractivity contribution in [3.63, 3.8) is 0 Å². The number of hydrogen-bond donors (Lipinski definition) is 0. The molecule has 0 saturated carbocycles. The van der Waals surface area contributed by atoms with E-state index in [9.17, 15) is 0 Å². The van der Waals surface area contributed by atoms with Gasteiger partial charge >= 0.3 is 5.89 Å². The van der Waals surface area contributed by atoms with Gasteiger partial charge in [0.25, 0.3) is 0 Å². The number of aromatic nitrogens is 1. The molecule has 0 spiro atoms. The van der Waals surface area contributed by atoms with E-state index in [-0.39, 0.29) is 5.89 Å². The fourth-order valence-electron chi connectivity index (χ4n) is 0.306. The third-order valence-corrected chi connectivity index (χ3v) is 0.940. The Morgan fingerprint density at radius 3 is 2.88 bits per heavy atom. The largest absolute Gasteiger partial charge is 0.421 e. The second-order valence-electron chi connectivity index (χ2n) is 1.08. The van der Waals surface area contributed by atoms with Gasteiger partial charge in [0.2, 0.25) is 0 Å². The average molecular weight is 173 g/mol. The molecule has 1 aromatic rings. The van der Waals surface area contributed by atoms with Crippen LogP contribution >= 0.6 is 15.9 Å². The highest BCUT2D eigenvalue weighted by molar-refractivity contribution is 9.10. The molecule has 4 heteroatoms. The molecule has 1 rings (SSSR count). The Balaban J connectivity index is 3.05. The van der Waals surface area contributed by atoms with Crippen LogP contribution in [0.15, 0.2) is 15.3 Å². The van der Waals surface area contributed by atoms with Crippen LogP contribution in [0.4, 0.5) is 0 Å². The van der Waals surface area contributed by atoms with Crippen LogP contribution in [0.1, 0.15) is 5.89 Å². The maximum Gasteiger partial charge on any atom is 0.301 e. The van der Waals surface area contributed by atoms with Crippen molar-refractivity contribution in [3.8, 4) is 6.07 Å². The third kappa shape index (κ3) is 0.873. The number of nitrogens with zero attached hydrogens (tertiary/aromatic N) is 2. The number of oxazole rings is 1. The highest BCUT2D eigenvalue weighted by atomic mass is 79.9. The van der Waals surface area contributed by atoms with E-state index in [2.05, 4.69) is 25.3 Å². The Labute approximate surface area is 54.1 Å². The zero-order chi connectivity index (χ0) is 5.98. The molecule has 8 heavy (non-hydrogen) atoms. The van der Waals surface area contributed by atoms with Gasteiger partial charge in [-0.15, -0.1) is 0 Å². The van der Waals surface area contributed by atoms with Gasteiger partial charge in [-0.05, 0) is 15.9 Å². The minimum Gasteiger partial charge on any atom is -0.421 e. The Morgan fingerprint density at radius 1 is 1.88 bits per heavy atom. The lowest BCUT2D eigenvalue weighted by molar-refractivity contribution is 0.518. The van der Waals surface area contributed by atoms with Crippen LogP contribution in [0, 0.1) is 11.3 Å². The minimum absolute atomic E-state index is 0.0804. The fourth-order valence-corrected chi connectivity index (χ4v) is 0.562. The second-order valence-corrected chi connectivity index (χ2v) is 1.86. The first kappa shape index (κ1) is 5.32. The van der Waals surface area contributed by atoms with Crippen molar-refractivity contribution < 1.29 is 4.42 Å². The normalized spacial score (nSPS) is 8.50. The van der Waals surface area contributed by atoms with Crippen LogP contribution < -0.4 is 0 Å². The van der Waals surface area contributed by atoms with Crippen molar-refractivity contribution in [1.29, 1.82) is 5.26 Å². The van der Waals surface area contributed by atoms with Crippen molar-refractivity contribution in [3.05, 3.63) is 16.8 Å². The molecule has 0 aromatic carbocycles. The van der Waals surface area contributed by atoms with E-state index in [4.69, 9.17) is 5.26 Å². The molecule has 0 bridgehead atoms. The summed E-state index contributed by atoms with van der Waals surface area (Å²) in [6.45, 7) is 0. The summed E-state index contributed by atoms with van der Waals surface area (Å²) in [5.41, 5.74) is 0. The van der Waals surface area contributed by atoms with Crippen LogP contribution in [-0.2, 0) is 0 Å². The SMILES string of the molecule is N#Cc1ncc(Br)o1.